The molecule has 202 valence electrons. The maximum absolute atomic E-state index is 14.2. The number of hydrogen-bond donors (Lipinski definition) is 0. The van der Waals surface area contributed by atoms with Crippen LogP contribution < -0.4 is 4.74 Å². The lowest BCUT2D eigenvalue weighted by Gasteiger charge is -2.39. The third kappa shape index (κ3) is 4.69. The van der Waals surface area contributed by atoms with Crippen LogP contribution in [0.15, 0.2) is 52.9 Å². The number of halogens is 2. The summed E-state index contributed by atoms with van der Waals surface area (Å²) in [6, 6.07) is 10.5. The highest BCUT2D eigenvalue weighted by Gasteiger charge is 2.59. The van der Waals surface area contributed by atoms with Gasteiger partial charge in [-0.1, -0.05) is 6.07 Å². The van der Waals surface area contributed by atoms with Crippen molar-refractivity contribution >= 4 is 37.5 Å². The van der Waals surface area contributed by atoms with Gasteiger partial charge in [0.15, 0.2) is 0 Å². The van der Waals surface area contributed by atoms with E-state index in [1.54, 1.807) is 22.5 Å². The molecule has 3 aliphatic rings. The second-order valence-corrected chi connectivity index (χ2v) is 13.3. The minimum absolute atomic E-state index is 0.112. The van der Waals surface area contributed by atoms with Gasteiger partial charge in [-0.05, 0) is 73.6 Å². The number of carbonyl (C=O) groups is 1. The summed E-state index contributed by atoms with van der Waals surface area (Å²) in [7, 11) is -2.43. The molecule has 3 aromatic rings. The molecule has 2 aromatic carbocycles. The quantitative estimate of drug-likeness (QED) is 0.403. The van der Waals surface area contributed by atoms with E-state index in [0.29, 0.717) is 12.2 Å². The summed E-state index contributed by atoms with van der Waals surface area (Å²) in [5.74, 6) is -2.35. The molecular formula is C27H29F2N3O4S2. The van der Waals surface area contributed by atoms with Gasteiger partial charge in [0, 0.05) is 31.5 Å². The fourth-order valence-electron chi connectivity index (χ4n) is 5.96. The third-order valence-corrected chi connectivity index (χ3v) is 10.9. The Kier molecular flexibility index (Phi) is 6.43. The normalized spacial score (nSPS) is 25.3. The Labute approximate surface area is 224 Å². The summed E-state index contributed by atoms with van der Waals surface area (Å²) in [6.45, 7) is 0.227. The molecule has 0 spiro atoms. The monoisotopic (exact) mass is 561 g/mol. The van der Waals surface area contributed by atoms with Crippen LogP contribution in [-0.4, -0.2) is 59.7 Å². The van der Waals surface area contributed by atoms with E-state index in [2.05, 4.69) is 4.98 Å². The third-order valence-electron chi connectivity index (χ3n) is 8.12. The number of ether oxygens (including phenoxy) is 1. The molecular weight excluding hydrogens is 532 g/mol. The van der Waals surface area contributed by atoms with Gasteiger partial charge in [-0.25, -0.2) is 22.2 Å². The van der Waals surface area contributed by atoms with Crippen LogP contribution in [0.2, 0.25) is 0 Å². The number of fused-ring (bicyclic) bond motifs is 2. The first kappa shape index (κ1) is 25.6. The number of benzene rings is 2. The fourth-order valence-corrected chi connectivity index (χ4v) is 8.46. The Morgan fingerprint density at radius 2 is 1.89 bits per heavy atom. The highest BCUT2D eigenvalue weighted by Crippen LogP contribution is 2.51. The topological polar surface area (TPSA) is 79.8 Å². The smallest absolute Gasteiger partial charge is 0.248 e. The number of piperidine rings is 1. The molecule has 1 saturated heterocycles. The van der Waals surface area contributed by atoms with Crippen molar-refractivity contribution in [1.29, 1.82) is 0 Å². The lowest BCUT2D eigenvalue weighted by Crippen LogP contribution is -2.53. The summed E-state index contributed by atoms with van der Waals surface area (Å²) in [6.07, 6.45) is 0.983. The molecule has 11 heteroatoms. The summed E-state index contributed by atoms with van der Waals surface area (Å²) in [5, 5.41) is 0. The SMILES string of the molecule is COc1ccc(S(=O)(=O)N2[C@@H]3C[C@@H]3C[C@H]2C(=O)N(Cc2ccc3scnc3c2)C2CCC(F)(F)CC2)cc1. The van der Waals surface area contributed by atoms with Gasteiger partial charge in [0.2, 0.25) is 21.9 Å². The largest absolute Gasteiger partial charge is 0.497 e. The molecule has 2 saturated carbocycles. The van der Waals surface area contributed by atoms with E-state index >= 15 is 0 Å². The minimum atomic E-state index is -3.94. The number of carbonyl (C=O) groups excluding carboxylic acids is 1. The van der Waals surface area contributed by atoms with E-state index in [9.17, 15) is 22.0 Å². The molecule has 2 heterocycles. The zero-order valence-electron chi connectivity index (χ0n) is 20.9. The second-order valence-electron chi connectivity index (χ2n) is 10.5. The second kappa shape index (κ2) is 9.53. The number of hydrogen-bond acceptors (Lipinski definition) is 6. The molecule has 0 unspecified atom stereocenters. The van der Waals surface area contributed by atoms with Gasteiger partial charge in [0.25, 0.3) is 0 Å². The molecule has 0 bridgehead atoms. The summed E-state index contributed by atoms with van der Waals surface area (Å²) in [5.41, 5.74) is 3.43. The molecule has 0 N–H and O–H groups in total. The van der Waals surface area contributed by atoms with Gasteiger partial charge >= 0.3 is 0 Å². The molecule has 1 aliphatic heterocycles. The van der Waals surface area contributed by atoms with Crippen LogP contribution >= 0.6 is 11.3 Å². The molecule has 3 fully saturated rings. The summed E-state index contributed by atoms with van der Waals surface area (Å²) in [4.78, 5) is 20.3. The molecule has 7 nitrogen and oxygen atoms in total. The first-order valence-corrected chi connectivity index (χ1v) is 15.2. The van der Waals surface area contributed by atoms with Crippen molar-refractivity contribution in [2.75, 3.05) is 7.11 Å². The Morgan fingerprint density at radius 3 is 2.61 bits per heavy atom. The average Bonchev–Trinajstić information content (AvgIpc) is 3.31. The Morgan fingerprint density at radius 1 is 1.16 bits per heavy atom. The van der Waals surface area contributed by atoms with Crippen molar-refractivity contribution in [2.45, 2.75) is 74.0 Å². The lowest BCUT2D eigenvalue weighted by atomic mass is 9.90. The molecule has 1 aromatic heterocycles. The van der Waals surface area contributed by atoms with Crippen LogP contribution in [0, 0.1) is 5.92 Å². The molecule has 38 heavy (non-hydrogen) atoms. The van der Waals surface area contributed by atoms with Gasteiger partial charge in [-0.15, -0.1) is 11.3 Å². The number of nitrogens with zero attached hydrogens (tertiary/aromatic N) is 3. The summed E-state index contributed by atoms with van der Waals surface area (Å²) >= 11 is 1.52. The Bertz CT molecular complexity index is 1450. The number of aromatic nitrogens is 1. The Hall–Kier alpha value is -2.63. The van der Waals surface area contributed by atoms with Gasteiger partial charge in [-0.3, -0.25) is 4.79 Å². The summed E-state index contributed by atoms with van der Waals surface area (Å²) < 4.78 is 63.1. The zero-order chi connectivity index (χ0) is 26.7. The molecule has 3 atom stereocenters. The van der Waals surface area contributed by atoms with Crippen LogP contribution in [0.25, 0.3) is 10.2 Å². The van der Waals surface area contributed by atoms with Crippen molar-refractivity contribution < 1.29 is 26.7 Å². The highest BCUT2D eigenvalue weighted by atomic mass is 32.2. The number of amides is 1. The van der Waals surface area contributed by atoms with Crippen molar-refractivity contribution in [3.05, 3.63) is 53.5 Å². The van der Waals surface area contributed by atoms with Gasteiger partial charge < -0.3 is 9.64 Å². The molecule has 6 rings (SSSR count). The van der Waals surface area contributed by atoms with E-state index in [1.807, 2.05) is 18.2 Å². The number of alkyl halides is 2. The van der Waals surface area contributed by atoms with Crippen LogP contribution in [0.1, 0.15) is 44.1 Å². The van der Waals surface area contributed by atoms with Crippen LogP contribution in [0.3, 0.4) is 0 Å². The Balaban J connectivity index is 1.31. The molecule has 0 radical (unpaired) electrons. The maximum atomic E-state index is 14.2. The van der Waals surface area contributed by atoms with Crippen LogP contribution in [0.4, 0.5) is 8.78 Å². The number of thiazole rings is 1. The van der Waals surface area contributed by atoms with Crippen LogP contribution in [0.5, 0.6) is 5.75 Å². The number of methoxy groups -OCH3 is 1. The standard InChI is InChI=1S/C27H29F2N3O4S2/c1-36-20-3-5-21(6-4-20)38(34,35)32-23-13-18(23)14-24(32)26(33)31(19-8-10-27(28,29)11-9-19)15-17-2-7-25-22(12-17)30-16-37-25/h2-7,12,16,18-19,23-24H,8-11,13-15H2,1H3/t18-,23-,24+/m1/s1. The van der Waals surface area contributed by atoms with E-state index in [-0.39, 0.29) is 61.0 Å². The van der Waals surface area contributed by atoms with Crippen molar-refractivity contribution in [1.82, 2.24) is 14.2 Å². The predicted molar refractivity (Wildman–Crippen MR) is 140 cm³/mol. The number of sulfonamides is 1. The van der Waals surface area contributed by atoms with Crippen molar-refractivity contribution in [3.8, 4) is 5.75 Å². The molecule has 2 aliphatic carbocycles. The van der Waals surface area contributed by atoms with Gasteiger partial charge in [-0.2, -0.15) is 4.31 Å². The van der Waals surface area contributed by atoms with E-state index in [0.717, 1.165) is 22.2 Å². The first-order valence-electron chi connectivity index (χ1n) is 12.8. The van der Waals surface area contributed by atoms with Crippen LogP contribution in [-0.2, 0) is 21.4 Å². The van der Waals surface area contributed by atoms with E-state index in [4.69, 9.17) is 4.74 Å². The average molecular weight is 562 g/mol. The van der Waals surface area contributed by atoms with Gasteiger partial charge in [0.1, 0.15) is 11.8 Å². The van der Waals surface area contributed by atoms with Gasteiger partial charge in [0.05, 0.1) is 27.7 Å². The van der Waals surface area contributed by atoms with Crippen molar-refractivity contribution in [2.24, 2.45) is 5.92 Å². The molecule has 1 amide bonds. The maximum Gasteiger partial charge on any atom is 0.248 e. The fraction of sp³-hybridized carbons (Fsp3) is 0.481. The lowest BCUT2D eigenvalue weighted by molar-refractivity contribution is -0.141. The minimum Gasteiger partial charge on any atom is -0.497 e. The van der Waals surface area contributed by atoms with E-state index in [1.165, 1.54) is 34.9 Å². The number of rotatable bonds is 7. The predicted octanol–water partition coefficient (Wildman–Crippen LogP) is 5.06. The highest BCUT2D eigenvalue weighted by molar-refractivity contribution is 7.89. The van der Waals surface area contributed by atoms with E-state index < -0.39 is 22.0 Å². The van der Waals surface area contributed by atoms with Crippen molar-refractivity contribution in [3.63, 3.8) is 0 Å². The first-order chi connectivity index (χ1) is 18.2. The zero-order valence-corrected chi connectivity index (χ0v) is 22.6.